The summed E-state index contributed by atoms with van der Waals surface area (Å²) in [5.74, 6) is -0.150. The van der Waals surface area contributed by atoms with E-state index in [1.165, 1.54) is 0 Å². The molecule has 0 N–H and O–H groups in total. The first kappa shape index (κ1) is 17.6. The molecule has 0 spiro atoms. The number of benzene rings is 1. The van der Waals surface area contributed by atoms with E-state index < -0.39 is 0 Å². The third kappa shape index (κ3) is 4.66. The molecule has 1 saturated heterocycles. The van der Waals surface area contributed by atoms with Crippen LogP contribution in [0.1, 0.15) is 52.8 Å². The highest BCUT2D eigenvalue weighted by molar-refractivity contribution is 7.09. The summed E-state index contributed by atoms with van der Waals surface area (Å²) in [6, 6.07) is 7.26. The van der Waals surface area contributed by atoms with E-state index in [0.29, 0.717) is 18.5 Å². The van der Waals surface area contributed by atoms with Gasteiger partial charge in [0, 0.05) is 24.9 Å². The molecule has 2 heterocycles. The van der Waals surface area contributed by atoms with Gasteiger partial charge in [0.2, 0.25) is 5.91 Å². The van der Waals surface area contributed by atoms with E-state index in [0.717, 1.165) is 42.1 Å². The van der Waals surface area contributed by atoms with Crippen LogP contribution in [-0.4, -0.2) is 28.3 Å². The maximum atomic E-state index is 12.1. The van der Waals surface area contributed by atoms with Crippen LogP contribution in [0.5, 0.6) is 0 Å². The van der Waals surface area contributed by atoms with Crippen molar-refractivity contribution in [2.24, 2.45) is 0 Å². The molecule has 25 heavy (non-hydrogen) atoms. The number of carbonyl (C=O) groups excluding carboxylic acids is 2. The van der Waals surface area contributed by atoms with E-state index in [9.17, 15) is 9.59 Å². The Morgan fingerprint density at radius 2 is 2.12 bits per heavy atom. The lowest BCUT2D eigenvalue weighted by molar-refractivity contribution is -0.128. The highest BCUT2D eigenvalue weighted by Gasteiger charge is 2.20. The molecule has 3 rings (SSSR count). The molecular weight excluding hydrogens is 336 g/mol. The number of likely N-dealkylation sites (tertiary alicyclic amines) is 1. The summed E-state index contributed by atoms with van der Waals surface area (Å²) in [5, 5.41) is 3.02. The molecule has 5 nitrogen and oxygen atoms in total. The topological polar surface area (TPSA) is 59.5 Å². The third-order valence-electron chi connectivity index (χ3n) is 4.15. The van der Waals surface area contributed by atoms with Crippen molar-refractivity contribution in [3.05, 3.63) is 51.5 Å². The van der Waals surface area contributed by atoms with Crippen LogP contribution in [0.4, 0.5) is 0 Å². The van der Waals surface area contributed by atoms with Gasteiger partial charge in [-0.3, -0.25) is 4.79 Å². The SMILES string of the molecule is CCCc1nc(COC(=O)c2ccc(CN3CCCC3=O)cc2)cs1. The minimum absolute atomic E-state index is 0.197. The number of hydrogen-bond acceptors (Lipinski definition) is 5. The highest BCUT2D eigenvalue weighted by atomic mass is 32.1. The van der Waals surface area contributed by atoms with Gasteiger partial charge in [-0.2, -0.15) is 0 Å². The van der Waals surface area contributed by atoms with Crippen molar-refractivity contribution in [3.8, 4) is 0 Å². The van der Waals surface area contributed by atoms with Crippen LogP contribution >= 0.6 is 11.3 Å². The van der Waals surface area contributed by atoms with E-state index in [1.807, 2.05) is 22.4 Å². The number of ether oxygens (including phenoxy) is 1. The van der Waals surface area contributed by atoms with Gasteiger partial charge in [-0.1, -0.05) is 19.1 Å². The smallest absolute Gasteiger partial charge is 0.338 e. The number of esters is 1. The summed E-state index contributed by atoms with van der Waals surface area (Å²) in [4.78, 5) is 30.1. The summed E-state index contributed by atoms with van der Waals surface area (Å²) in [7, 11) is 0. The monoisotopic (exact) mass is 358 g/mol. The Hall–Kier alpha value is -2.21. The van der Waals surface area contributed by atoms with Crippen molar-refractivity contribution in [1.29, 1.82) is 0 Å². The predicted molar refractivity (Wildman–Crippen MR) is 96.3 cm³/mol. The molecule has 6 heteroatoms. The number of nitrogens with zero attached hydrogens (tertiary/aromatic N) is 2. The number of aromatic nitrogens is 1. The molecule has 0 radical (unpaired) electrons. The number of rotatable bonds is 7. The van der Waals surface area contributed by atoms with Crippen molar-refractivity contribution >= 4 is 23.2 Å². The number of aryl methyl sites for hydroxylation is 1. The predicted octanol–water partition coefficient (Wildman–Crippen LogP) is 3.58. The van der Waals surface area contributed by atoms with Gasteiger partial charge < -0.3 is 9.64 Å². The van der Waals surface area contributed by atoms with Crippen LogP contribution in [0.2, 0.25) is 0 Å². The first-order valence-electron chi connectivity index (χ1n) is 8.63. The highest BCUT2D eigenvalue weighted by Crippen LogP contribution is 2.16. The lowest BCUT2D eigenvalue weighted by Crippen LogP contribution is -2.23. The molecule has 1 aromatic carbocycles. The van der Waals surface area contributed by atoms with Crippen LogP contribution in [0.3, 0.4) is 0 Å². The average Bonchev–Trinajstić information content (AvgIpc) is 3.23. The molecule has 132 valence electrons. The largest absolute Gasteiger partial charge is 0.456 e. The molecule has 1 aliphatic heterocycles. The number of amides is 1. The third-order valence-corrected chi connectivity index (χ3v) is 5.11. The fourth-order valence-corrected chi connectivity index (χ4v) is 3.69. The molecule has 0 atom stereocenters. The van der Waals surface area contributed by atoms with Gasteiger partial charge in [0.05, 0.1) is 16.3 Å². The lowest BCUT2D eigenvalue weighted by Gasteiger charge is -2.15. The van der Waals surface area contributed by atoms with Crippen LogP contribution < -0.4 is 0 Å². The number of thiazole rings is 1. The standard InChI is InChI=1S/C19H22N2O3S/c1-2-4-17-20-16(13-25-17)12-24-19(23)15-8-6-14(7-9-15)11-21-10-3-5-18(21)22/h6-9,13H,2-5,10-12H2,1H3. The summed E-state index contributed by atoms with van der Waals surface area (Å²) in [6.45, 7) is 3.73. The van der Waals surface area contributed by atoms with Crippen molar-refractivity contribution in [2.45, 2.75) is 45.8 Å². The van der Waals surface area contributed by atoms with E-state index >= 15 is 0 Å². The van der Waals surface area contributed by atoms with Crippen LogP contribution in [-0.2, 0) is 29.1 Å². The fraction of sp³-hybridized carbons (Fsp3) is 0.421. The zero-order valence-electron chi connectivity index (χ0n) is 14.4. The van der Waals surface area contributed by atoms with Gasteiger partial charge in [-0.25, -0.2) is 9.78 Å². The van der Waals surface area contributed by atoms with Crippen molar-refractivity contribution in [2.75, 3.05) is 6.54 Å². The second kappa shape index (κ2) is 8.25. The van der Waals surface area contributed by atoms with Gasteiger partial charge in [0.1, 0.15) is 6.61 Å². The zero-order valence-corrected chi connectivity index (χ0v) is 15.2. The maximum absolute atomic E-state index is 12.1. The lowest BCUT2D eigenvalue weighted by atomic mass is 10.1. The molecular formula is C19H22N2O3S. The maximum Gasteiger partial charge on any atom is 0.338 e. The summed E-state index contributed by atoms with van der Waals surface area (Å²) in [5.41, 5.74) is 2.34. The minimum Gasteiger partial charge on any atom is -0.456 e. The van der Waals surface area contributed by atoms with Gasteiger partial charge in [-0.05, 0) is 37.0 Å². The quantitative estimate of drug-likeness (QED) is 0.710. The van der Waals surface area contributed by atoms with Crippen molar-refractivity contribution in [3.63, 3.8) is 0 Å². The minimum atomic E-state index is -0.353. The fourth-order valence-electron chi connectivity index (χ4n) is 2.80. The first-order valence-corrected chi connectivity index (χ1v) is 9.51. The molecule has 0 saturated carbocycles. The van der Waals surface area contributed by atoms with Gasteiger partial charge in [-0.15, -0.1) is 11.3 Å². The summed E-state index contributed by atoms with van der Waals surface area (Å²) in [6.07, 6.45) is 3.59. The first-order chi connectivity index (χ1) is 12.2. The number of hydrogen-bond donors (Lipinski definition) is 0. The van der Waals surface area contributed by atoms with Gasteiger partial charge in [0.25, 0.3) is 0 Å². The molecule has 1 amide bonds. The van der Waals surface area contributed by atoms with E-state index in [4.69, 9.17) is 4.74 Å². The van der Waals surface area contributed by atoms with Crippen LogP contribution in [0.15, 0.2) is 29.6 Å². The Morgan fingerprint density at radius 3 is 2.80 bits per heavy atom. The van der Waals surface area contributed by atoms with E-state index in [-0.39, 0.29) is 18.5 Å². The Labute approximate surface area is 151 Å². The molecule has 1 aromatic heterocycles. The Balaban J connectivity index is 1.52. The van der Waals surface area contributed by atoms with Gasteiger partial charge >= 0.3 is 5.97 Å². The molecule has 1 aliphatic rings. The van der Waals surface area contributed by atoms with Crippen LogP contribution in [0.25, 0.3) is 0 Å². The molecule has 0 unspecified atom stereocenters. The van der Waals surface area contributed by atoms with Gasteiger partial charge in [0.15, 0.2) is 0 Å². The van der Waals surface area contributed by atoms with E-state index in [2.05, 4.69) is 11.9 Å². The zero-order chi connectivity index (χ0) is 17.6. The Kier molecular flexibility index (Phi) is 5.81. The Bertz CT molecular complexity index is 739. The Morgan fingerprint density at radius 1 is 1.32 bits per heavy atom. The number of carbonyl (C=O) groups is 2. The normalized spacial score (nSPS) is 14.1. The second-order valence-electron chi connectivity index (χ2n) is 6.17. The van der Waals surface area contributed by atoms with E-state index in [1.54, 1.807) is 23.5 Å². The second-order valence-corrected chi connectivity index (χ2v) is 7.12. The molecule has 0 bridgehead atoms. The summed E-state index contributed by atoms with van der Waals surface area (Å²) < 4.78 is 5.34. The molecule has 2 aromatic rings. The molecule has 1 fully saturated rings. The van der Waals surface area contributed by atoms with Crippen molar-refractivity contribution in [1.82, 2.24) is 9.88 Å². The van der Waals surface area contributed by atoms with Crippen molar-refractivity contribution < 1.29 is 14.3 Å². The molecule has 0 aliphatic carbocycles. The average molecular weight is 358 g/mol. The van der Waals surface area contributed by atoms with Crippen LogP contribution in [0, 0.1) is 0 Å². The summed E-state index contributed by atoms with van der Waals surface area (Å²) >= 11 is 1.60.